The van der Waals surface area contributed by atoms with Gasteiger partial charge in [-0.3, -0.25) is 4.57 Å². The van der Waals surface area contributed by atoms with Crippen LogP contribution in [0.15, 0.2) is 66.3 Å². The normalized spacial score (nSPS) is 10.7. The van der Waals surface area contributed by atoms with Crippen LogP contribution >= 0.6 is 23.4 Å². The lowest BCUT2D eigenvalue weighted by Gasteiger charge is -2.10. The topological polar surface area (TPSA) is 39.9 Å². The number of ether oxygens (including phenoxy) is 1. The van der Waals surface area contributed by atoms with E-state index in [1.807, 2.05) is 28.8 Å². The Morgan fingerprint density at radius 2 is 1.92 bits per heavy atom. The third-order valence-electron chi connectivity index (χ3n) is 3.61. The summed E-state index contributed by atoms with van der Waals surface area (Å²) in [6, 6.07) is 14.0. The number of allylic oxidation sites excluding steroid dienone is 1. The maximum absolute atomic E-state index is 13.7. The van der Waals surface area contributed by atoms with Crippen molar-refractivity contribution in [3.8, 4) is 5.75 Å². The Morgan fingerprint density at radius 3 is 2.69 bits per heavy atom. The van der Waals surface area contributed by atoms with Crippen LogP contribution in [0.2, 0.25) is 5.02 Å². The Morgan fingerprint density at radius 1 is 1.15 bits per heavy atom. The summed E-state index contributed by atoms with van der Waals surface area (Å²) in [5, 5.41) is 9.86. The fourth-order valence-electron chi connectivity index (χ4n) is 2.31. The molecule has 1 heterocycles. The lowest BCUT2D eigenvalue weighted by atomic mass is 10.2. The third-order valence-corrected chi connectivity index (χ3v) is 5.00. The number of rotatable bonds is 8. The molecular formula is C19H17ClFN3OS. The summed E-state index contributed by atoms with van der Waals surface area (Å²) in [6.07, 6.45) is 1.76. The van der Waals surface area contributed by atoms with E-state index in [0.717, 1.165) is 15.7 Å². The Bertz CT molecular complexity index is 833. The molecule has 0 spiro atoms. The average Bonchev–Trinajstić information content (AvgIpc) is 3.03. The minimum Gasteiger partial charge on any atom is -0.483 e. The largest absolute Gasteiger partial charge is 0.483 e. The molecular weight excluding hydrogens is 373 g/mol. The summed E-state index contributed by atoms with van der Waals surface area (Å²) in [5.41, 5.74) is 1.02. The van der Waals surface area contributed by atoms with Gasteiger partial charge >= 0.3 is 0 Å². The van der Waals surface area contributed by atoms with Gasteiger partial charge in [-0.1, -0.05) is 59.8 Å². The van der Waals surface area contributed by atoms with E-state index in [0.29, 0.717) is 18.1 Å². The van der Waals surface area contributed by atoms with Crippen LogP contribution < -0.4 is 4.74 Å². The second-order valence-corrected chi connectivity index (χ2v) is 6.75. The summed E-state index contributed by atoms with van der Waals surface area (Å²) in [4.78, 5) is 0. The Hall–Kier alpha value is -2.31. The summed E-state index contributed by atoms with van der Waals surface area (Å²) < 4.78 is 21.1. The van der Waals surface area contributed by atoms with Gasteiger partial charge in [0, 0.05) is 17.3 Å². The molecule has 0 bridgehead atoms. The summed E-state index contributed by atoms with van der Waals surface area (Å²) in [7, 11) is 0. The molecule has 0 aliphatic rings. The molecule has 0 amide bonds. The lowest BCUT2D eigenvalue weighted by Crippen LogP contribution is -2.08. The Kier molecular flexibility index (Phi) is 6.30. The van der Waals surface area contributed by atoms with Crippen molar-refractivity contribution in [1.29, 1.82) is 0 Å². The van der Waals surface area contributed by atoms with Crippen molar-refractivity contribution >= 4 is 23.4 Å². The van der Waals surface area contributed by atoms with E-state index in [-0.39, 0.29) is 12.4 Å². The van der Waals surface area contributed by atoms with Crippen molar-refractivity contribution in [3.63, 3.8) is 0 Å². The zero-order valence-electron chi connectivity index (χ0n) is 13.9. The molecule has 0 saturated heterocycles. The van der Waals surface area contributed by atoms with Gasteiger partial charge in [0.15, 0.2) is 22.5 Å². The highest BCUT2D eigenvalue weighted by atomic mass is 35.5. The molecule has 1 aromatic heterocycles. The van der Waals surface area contributed by atoms with Gasteiger partial charge in [-0.05, 0) is 23.8 Å². The molecule has 0 unspecified atom stereocenters. The fraction of sp³-hybridized carbons (Fsp3) is 0.158. The van der Waals surface area contributed by atoms with E-state index in [9.17, 15) is 4.39 Å². The molecule has 0 aliphatic carbocycles. The Balaban J connectivity index is 1.72. The SMILES string of the molecule is C=CCn1c(COc2ccccc2F)nnc1SCc1ccccc1Cl. The zero-order valence-corrected chi connectivity index (χ0v) is 15.5. The molecule has 26 heavy (non-hydrogen) atoms. The maximum Gasteiger partial charge on any atom is 0.191 e. The van der Waals surface area contributed by atoms with Crippen molar-refractivity contribution in [3.05, 3.63) is 83.4 Å². The quantitative estimate of drug-likeness (QED) is 0.395. The number of halogens is 2. The minimum absolute atomic E-state index is 0.119. The highest BCUT2D eigenvalue weighted by Crippen LogP contribution is 2.26. The first-order valence-corrected chi connectivity index (χ1v) is 9.32. The van der Waals surface area contributed by atoms with E-state index in [1.165, 1.54) is 17.8 Å². The van der Waals surface area contributed by atoms with E-state index in [4.69, 9.17) is 16.3 Å². The predicted molar refractivity (Wildman–Crippen MR) is 102 cm³/mol. The zero-order chi connectivity index (χ0) is 18.4. The van der Waals surface area contributed by atoms with Gasteiger partial charge in [-0.25, -0.2) is 4.39 Å². The smallest absolute Gasteiger partial charge is 0.191 e. The monoisotopic (exact) mass is 389 g/mol. The van der Waals surface area contributed by atoms with Gasteiger partial charge in [-0.2, -0.15) is 0 Å². The molecule has 0 N–H and O–H groups in total. The van der Waals surface area contributed by atoms with E-state index in [2.05, 4.69) is 16.8 Å². The number of aromatic nitrogens is 3. The predicted octanol–water partition coefficient (Wildman–Crippen LogP) is 5.13. The van der Waals surface area contributed by atoms with Crippen LogP contribution in [0.5, 0.6) is 5.75 Å². The van der Waals surface area contributed by atoms with Crippen LogP contribution in [-0.4, -0.2) is 14.8 Å². The summed E-state index contributed by atoms with van der Waals surface area (Å²) in [5.74, 6) is 1.06. The van der Waals surface area contributed by atoms with Gasteiger partial charge in [0.1, 0.15) is 6.61 Å². The molecule has 0 radical (unpaired) electrons. The van der Waals surface area contributed by atoms with Gasteiger partial charge in [0.05, 0.1) is 0 Å². The van der Waals surface area contributed by atoms with Crippen LogP contribution in [0.1, 0.15) is 11.4 Å². The first-order valence-electron chi connectivity index (χ1n) is 7.95. The minimum atomic E-state index is -0.407. The summed E-state index contributed by atoms with van der Waals surface area (Å²) in [6.45, 7) is 4.43. The number of nitrogens with zero attached hydrogens (tertiary/aromatic N) is 3. The first kappa shape index (κ1) is 18.5. The molecule has 134 valence electrons. The third kappa shape index (κ3) is 4.45. The summed E-state index contributed by atoms with van der Waals surface area (Å²) >= 11 is 7.73. The van der Waals surface area contributed by atoms with Crippen molar-refractivity contribution in [1.82, 2.24) is 14.8 Å². The number of benzene rings is 2. The van der Waals surface area contributed by atoms with E-state index >= 15 is 0 Å². The second-order valence-electron chi connectivity index (χ2n) is 5.40. The van der Waals surface area contributed by atoms with Crippen molar-refractivity contribution in [2.24, 2.45) is 0 Å². The molecule has 0 fully saturated rings. The molecule has 4 nitrogen and oxygen atoms in total. The molecule has 2 aromatic carbocycles. The molecule has 7 heteroatoms. The highest BCUT2D eigenvalue weighted by molar-refractivity contribution is 7.98. The molecule has 3 rings (SSSR count). The number of hydrogen-bond donors (Lipinski definition) is 0. The molecule has 0 aliphatic heterocycles. The second kappa shape index (κ2) is 8.87. The van der Waals surface area contributed by atoms with E-state index in [1.54, 1.807) is 24.3 Å². The highest BCUT2D eigenvalue weighted by Gasteiger charge is 2.14. The van der Waals surface area contributed by atoms with Crippen LogP contribution in [-0.2, 0) is 18.9 Å². The first-order chi connectivity index (χ1) is 12.7. The van der Waals surface area contributed by atoms with Gasteiger partial charge in [-0.15, -0.1) is 16.8 Å². The van der Waals surface area contributed by atoms with Gasteiger partial charge in [0.2, 0.25) is 0 Å². The number of thioether (sulfide) groups is 1. The number of para-hydroxylation sites is 1. The number of hydrogen-bond acceptors (Lipinski definition) is 4. The molecule has 0 atom stereocenters. The Labute approximate surface area is 160 Å². The molecule has 0 saturated carbocycles. The maximum atomic E-state index is 13.7. The van der Waals surface area contributed by atoms with E-state index < -0.39 is 5.82 Å². The average molecular weight is 390 g/mol. The standard InChI is InChI=1S/C19H17ClFN3OS/c1-2-11-24-18(12-25-17-10-6-5-9-16(17)21)22-23-19(24)26-13-14-7-3-4-8-15(14)20/h2-10H,1,11-13H2. The van der Waals surface area contributed by atoms with Crippen molar-refractivity contribution in [2.45, 2.75) is 24.1 Å². The van der Waals surface area contributed by atoms with Gasteiger partial charge < -0.3 is 4.74 Å². The lowest BCUT2D eigenvalue weighted by molar-refractivity contribution is 0.275. The van der Waals surface area contributed by atoms with Crippen LogP contribution in [0.25, 0.3) is 0 Å². The van der Waals surface area contributed by atoms with Crippen LogP contribution in [0, 0.1) is 5.82 Å². The molecule has 3 aromatic rings. The van der Waals surface area contributed by atoms with Crippen LogP contribution in [0.4, 0.5) is 4.39 Å². The fourth-order valence-corrected chi connectivity index (χ4v) is 3.56. The van der Waals surface area contributed by atoms with Gasteiger partial charge in [0.25, 0.3) is 0 Å². The van der Waals surface area contributed by atoms with Crippen LogP contribution in [0.3, 0.4) is 0 Å². The van der Waals surface area contributed by atoms with Crippen molar-refractivity contribution < 1.29 is 9.13 Å². The van der Waals surface area contributed by atoms with Crippen molar-refractivity contribution in [2.75, 3.05) is 0 Å².